The van der Waals surface area contributed by atoms with Gasteiger partial charge in [-0.1, -0.05) is 20.8 Å². The van der Waals surface area contributed by atoms with E-state index in [1.165, 1.54) is 26.1 Å². The molecule has 1 aliphatic rings. The van der Waals surface area contributed by atoms with E-state index in [9.17, 15) is 0 Å². The summed E-state index contributed by atoms with van der Waals surface area (Å²) in [6.45, 7) is 16.3. The van der Waals surface area contributed by atoms with E-state index in [0.29, 0.717) is 0 Å². The van der Waals surface area contributed by atoms with Gasteiger partial charge in [0.2, 0.25) is 0 Å². The smallest absolute Gasteiger partial charge is 0.0252 e. The number of nitrogens with zero attached hydrogens (tertiary/aromatic N) is 1. The predicted octanol–water partition coefficient (Wildman–Crippen LogP) is 2.35. The minimum absolute atomic E-state index is 0.255. The van der Waals surface area contributed by atoms with Crippen LogP contribution in [0.15, 0.2) is 0 Å². The lowest BCUT2D eigenvalue weighted by Crippen LogP contribution is -2.52. The van der Waals surface area contributed by atoms with Gasteiger partial charge in [0.1, 0.15) is 0 Å². The first-order valence-electron chi connectivity index (χ1n) is 6.40. The molecule has 1 N–H and O–H groups in total. The number of rotatable bonds is 4. The molecule has 0 aromatic heterocycles. The summed E-state index contributed by atoms with van der Waals surface area (Å²) in [5.41, 5.74) is 0.255. The number of nitrogens with one attached hydrogen (secondary N) is 1. The summed E-state index contributed by atoms with van der Waals surface area (Å²) in [7, 11) is 0. The summed E-state index contributed by atoms with van der Waals surface area (Å²) in [5.74, 6) is 1.73. The van der Waals surface area contributed by atoms with Gasteiger partial charge < -0.3 is 10.2 Å². The molecule has 15 heavy (non-hydrogen) atoms. The maximum absolute atomic E-state index is 3.56. The van der Waals surface area contributed by atoms with Gasteiger partial charge in [-0.3, -0.25) is 0 Å². The van der Waals surface area contributed by atoms with Crippen LogP contribution in [-0.2, 0) is 0 Å². The molecule has 0 saturated carbocycles. The third-order valence-electron chi connectivity index (χ3n) is 3.22. The summed E-state index contributed by atoms with van der Waals surface area (Å²) in [6, 6.07) is 0. The minimum atomic E-state index is 0.255. The van der Waals surface area contributed by atoms with Crippen LogP contribution in [0.4, 0.5) is 0 Å². The summed E-state index contributed by atoms with van der Waals surface area (Å²) in [4.78, 5) is 2.63. The van der Waals surface area contributed by atoms with Crippen molar-refractivity contribution in [2.45, 2.75) is 46.6 Å². The molecule has 2 atom stereocenters. The van der Waals surface area contributed by atoms with Crippen LogP contribution < -0.4 is 5.32 Å². The summed E-state index contributed by atoms with van der Waals surface area (Å²) in [5, 5.41) is 3.56. The average molecular weight is 212 g/mol. The topological polar surface area (TPSA) is 15.3 Å². The fourth-order valence-electron chi connectivity index (χ4n) is 3.01. The molecule has 0 bridgehead atoms. The minimum Gasteiger partial charge on any atom is -0.311 e. The van der Waals surface area contributed by atoms with Crippen LogP contribution in [-0.4, -0.2) is 36.6 Å². The van der Waals surface area contributed by atoms with E-state index >= 15 is 0 Å². The number of likely N-dealkylation sites (tertiary alicyclic amines) is 1. The highest BCUT2D eigenvalue weighted by Gasteiger charge is 2.26. The Morgan fingerprint density at radius 3 is 2.20 bits per heavy atom. The molecular formula is C13H28N2. The Hall–Kier alpha value is -0.0800. The second kappa shape index (κ2) is 5.31. The number of likely N-dealkylation sites (N-methyl/N-ethyl adjacent to an activating group) is 1. The van der Waals surface area contributed by atoms with Gasteiger partial charge in [-0.15, -0.1) is 0 Å². The summed E-state index contributed by atoms with van der Waals surface area (Å²) >= 11 is 0. The Balaban J connectivity index is 2.43. The monoisotopic (exact) mass is 212 g/mol. The molecule has 1 fully saturated rings. The van der Waals surface area contributed by atoms with Crippen LogP contribution in [0.5, 0.6) is 0 Å². The van der Waals surface area contributed by atoms with E-state index in [1.54, 1.807) is 0 Å². The Kier molecular flexibility index (Phi) is 4.60. The maximum atomic E-state index is 3.56. The van der Waals surface area contributed by atoms with Gasteiger partial charge >= 0.3 is 0 Å². The zero-order valence-corrected chi connectivity index (χ0v) is 11.1. The van der Waals surface area contributed by atoms with Crippen molar-refractivity contribution in [1.29, 1.82) is 0 Å². The van der Waals surface area contributed by atoms with E-state index in [-0.39, 0.29) is 5.54 Å². The fourth-order valence-corrected chi connectivity index (χ4v) is 3.01. The van der Waals surface area contributed by atoms with Crippen molar-refractivity contribution in [2.24, 2.45) is 11.8 Å². The molecule has 1 aliphatic heterocycles. The summed E-state index contributed by atoms with van der Waals surface area (Å²) < 4.78 is 0. The first-order valence-corrected chi connectivity index (χ1v) is 6.40. The molecule has 0 aromatic carbocycles. The van der Waals surface area contributed by atoms with Gasteiger partial charge in [0.15, 0.2) is 0 Å². The molecule has 1 saturated heterocycles. The molecule has 0 aliphatic carbocycles. The zero-order chi connectivity index (χ0) is 11.5. The van der Waals surface area contributed by atoms with Crippen molar-refractivity contribution in [3.8, 4) is 0 Å². The van der Waals surface area contributed by atoms with Crippen molar-refractivity contribution in [3.05, 3.63) is 0 Å². The SMILES string of the molecule is CCNC(C)(C)CN1CC(C)CC(C)C1. The molecule has 1 rings (SSSR count). The number of piperidine rings is 1. The molecule has 0 aromatic rings. The molecule has 2 unspecified atom stereocenters. The molecule has 0 radical (unpaired) electrons. The van der Waals surface area contributed by atoms with Crippen LogP contribution in [0.2, 0.25) is 0 Å². The third kappa shape index (κ3) is 4.52. The molecule has 0 amide bonds. The fraction of sp³-hybridized carbons (Fsp3) is 1.00. The Bertz CT molecular complexity index is 179. The first kappa shape index (κ1) is 13.0. The highest BCUT2D eigenvalue weighted by atomic mass is 15.2. The third-order valence-corrected chi connectivity index (χ3v) is 3.22. The van der Waals surface area contributed by atoms with E-state index in [4.69, 9.17) is 0 Å². The van der Waals surface area contributed by atoms with Crippen LogP contribution in [0.1, 0.15) is 41.0 Å². The van der Waals surface area contributed by atoms with E-state index in [1.807, 2.05) is 0 Å². The van der Waals surface area contributed by atoms with Gasteiger partial charge in [-0.05, 0) is 38.6 Å². The highest BCUT2D eigenvalue weighted by Crippen LogP contribution is 2.22. The molecule has 0 spiro atoms. The molecule has 2 nitrogen and oxygen atoms in total. The maximum Gasteiger partial charge on any atom is 0.0252 e. The average Bonchev–Trinajstić information content (AvgIpc) is 1.99. The predicted molar refractivity (Wildman–Crippen MR) is 67.1 cm³/mol. The first-order chi connectivity index (χ1) is 6.93. The Labute approximate surface area is 95.4 Å². The van der Waals surface area contributed by atoms with E-state index in [2.05, 4.69) is 44.8 Å². The van der Waals surface area contributed by atoms with Crippen molar-refractivity contribution < 1.29 is 0 Å². The second-order valence-electron chi connectivity index (χ2n) is 6.05. The van der Waals surface area contributed by atoms with Crippen molar-refractivity contribution in [1.82, 2.24) is 10.2 Å². The van der Waals surface area contributed by atoms with E-state index < -0.39 is 0 Å². The largest absolute Gasteiger partial charge is 0.311 e. The Morgan fingerprint density at radius 1 is 1.20 bits per heavy atom. The second-order valence-corrected chi connectivity index (χ2v) is 6.05. The van der Waals surface area contributed by atoms with Crippen LogP contribution in [0, 0.1) is 11.8 Å². The van der Waals surface area contributed by atoms with Gasteiger partial charge in [-0.2, -0.15) is 0 Å². The molecular weight excluding hydrogens is 184 g/mol. The van der Waals surface area contributed by atoms with Gasteiger partial charge in [0.25, 0.3) is 0 Å². The standard InChI is InChI=1S/C13H28N2/c1-6-14-13(4,5)10-15-8-11(2)7-12(3)9-15/h11-12,14H,6-10H2,1-5H3. The lowest BCUT2D eigenvalue weighted by molar-refractivity contribution is 0.111. The zero-order valence-electron chi connectivity index (χ0n) is 11.1. The van der Waals surface area contributed by atoms with Crippen LogP contribution >= 0.6 is 0 Å². The van der Waals surface area contributed by atoms with Crippen molar-refractivity contribution in [2.75, 3.05) is 26.2 Å². The van der Waals surface area contributed by atoms with E-state index in [0.717, 1.165) is 18.4 Å². The number of hydrogen-bond acceptors (Lipinski definition) is 2. The quantitative estimate of drug-likeness (QED) is 0.769. The van der Waals surface area contributed by atoms with Crippen molar-refractivity contribution >= 4 is 0 Å². The molecule has 90 valence electrons. The van der Waals surface area contributed by atoms with Gasteiger partial charge in [0, 0.05) is 25.2 Å². The molecule has 1 heterocycles. The van der Waals surface area contributed by atoms with Crippen LogP contribution in [0.3, 0.4) is 0 Å². The van der Waals surface area contributed by atoms with Gasteiger partial charge in [0.05, 0.1) is 0 Å². The normalized spacial score (nSPS) is 29.4. The lowest BCUT2D eigenvalue weighted by Gasteiger charge is -2.40. The summed E-state index contributed by atoms with van der Waals surface area (Å²) in [6.07, 6.45) is 1.40. The highest BCUT2D eigenvalue weighted by molar-refractivity contribution is 4.84. The van der Waals surface area contributed by atoms with Crippen LogP contribution in [0.25, 0.3) is 0 Å². The Morgan fingerprint density at radius 2 is 1.73 bits per heavy atom. The molecule has 2 heteroatoms. The number of hydrogen-bond donors (Lipinski definition) is 1. The lowest BCUT2D eigenvalue weighted by atomic mass is 9.90. The van der Waals surface area contributed by atoms with Crippen molar-refractivity contribution in [3.63, 3.8) is 0 Å². The van der Waals surface area contributed by atoms with Gasteiger partial charge in [-0.25, -0.2) is 0 Å².